The van der Waals surface area contributed by atoms with Gasteiger partial charge in [-0.1, -0.05) is 12.1 Å². The zero-order valence-corrected chi connectivity index (χ0v) is 15.0. The van der Waals surface area contributed by atoms with Crippen LogP contribution in [0.4, 0.5) is 0 Å². The number of aromatic nitrogens is 2. The highest BCUT2D eigenvalue weighted by atomic mass is 16.3. The fraction of sp³-hybridized carbons (Fsp3) is 0.476. The summed E-state index contributed by atoms with van der Waals surface area (Å²) in [5, 5.41) is 9.41. The van der Waals surface area contributed by atoms with Crippen LogP contribution in [0.1, 0.15) is 66.2 Å². The number of phenolic OH excluding ortho intramolecular Hbond substituents is 1. The molecule has 1 aliphatic heterocycles. The molecule has 1 N–H and O–H groups in total. The van der Waals surface area contributed by atoms with Crippen LogP contribution in [0.25, 0.3) is 0 Å². The zero-order valence-electron chi connectivity index (χ0n) is 15.0. The molecule has 1 atom stereocenters. The van der Waals surface area contributed by atoms with Crippen LogP contribution < -0.4 is 0 Å². The second-order valence-electron chi connectivity index (χ2n) is 7.46. The molecule has 4 rings (SSSR count). The SMILES string of the molecule is O=C(c1cnc(C2CC2)nc1)N1CCCC[C@H]1CCc1ccc(O)cc1. The molecule has 1 saturated heterocycles. The number of rotatable bonds is 5. The summed E-state index contributed by atoms with van der Waals surface area (Å²) in [6.07, 6.45) is 10.9. The minimum Gasteiger partial charge on any atom is -0.508 e. The van der Waals surface area contributed by atoms with Crippen LogP contribution >= 0.6 is 0 Å². The van der Waals surface area contributed by atoms with Gasteiger partial charge in [-0.2, -0.15) is 0 Å². The third-order valence-electron chi connectivity index (χ3n) is 5.45. The molecular weight excluding hydrogens is 326 g/mol. The highest BCUT2D eigenvalue weighted by Gasteiger charge is 2.29. The molecule has 1 aliphatic carbocycles. The second-order valence-corrected chi connectivity index (χ2v) is 7.46. The van der Waals surface area contributed by atoms with Crippen molar-refractivity contribution in [1.29, 1.82) is 0 Å². The van der Waals surface area contributed by atoms with Crippen molar-refractivity contribution < 1.29 is 9.90 Å². The summed E-state index contributed by atoms with van der Waals surface area (Å²) in [5.41, 5.74) is 1.80. The summed E-state index contributed by atoms with van der Waals surface area (Å²) in [7, 11) is 0. The van der Waals surface area contributed by atoms with Gasteiger partial charge in [0.05, 0.1) is 5.56 Å². The molecule has 1 aromatic carbocycles. The van der Waals surface area contributed by atoms with E-state index >= 15 is 0 Å². The predicted octanol–water partition coefficient (Wildman–Crippen LogP) is 3.69. The molecule has 5 nitrogen and oxygen atoms in total. The van der Waals surface area contributed by atoms with Crippen LogP contribution in [0.3, 0.4) is 0 Å². The van der Waals surface area contributed by atoms with Crippen LogP contribution in [0.2, 0.25) is 0 Å². The van der Waals surface area contributed by atoms with Crippen LogP contribution in [-0.4, -0.2) is 38.5 Å². The van der Waals surface area contributed by atoms with E-state index in [1.165, 1.54) is 24.8 Å². The highest BCUT2D eigenvalue weighted by Crippen LogP contribution is 2.37. The molecule has 0 unspecified atom stereocenters. The normalized spacial score (nSPS) is 20.2. The van der Waals surface area contributed by atoms with E-state index in [1.54, 1.807) is 24.5 Å². The van der Waals surface area contributed by atoms with E-state index in [0.717, 1.165) is 38.1 Å². The molecule has 0 radical (unpaired) electrons. The van der Waals surface area contributed by atoms with Crippen molar-refractivity contribution >= 4 is 5.91 Å². The summed E-state index contributed by atoms with van der Waals surface area (Å²) in [5.74, 6) is 1.73. The first-order valence-electron chi connectivity index (χ1n) is 9.61. The molecule has 5 heteroatoms. The Hall–Kier alpha value is -2.43. The van der Waals surface area contributed by atoms with Gasteiger partial charge < -0.3 is 10.0 Å². The molecular formula is C21H25N3O2. The molecule has 1 aromatic heterocycles. The number of phenols is 1. The number of piperidine rings is 1. The second kappa shape index (κ2) is 7.44. The maximum Gasteiger partial charge on any atom is 0.257 e. The van der Waals surface area contributed by atoms with Gasteiger partial charge in [0.15, 0.2) is 0 Å². The number of hydrogen-bond donors (Lipinski definition) is 1. The van der Waals surface area contributed by atoms with Gasteiger partial charge in [0.2, 0.25) is 0 Å². The smallest absolute Gasteiger partial charge is 0.257 e. The number of benzene rings is 1. The van der Waals surface area contributed by atoms with Crippen molar-refractivity contribution in [3.8, 4) is 5.75 Å². The van der Waals surface area contributed by atoms with Gasteiger partial charge in [-0.3, -0.25) is 4.79 Å². The number of aromatic hydroxyl groups is 1. The minimum atomic E-state index is 0.0581. The summed E-state index contributed by atoms with van der Waals surface area (Å²) in [4.78, 5) is 23.8. The quantitative estimate of drug-likeness (QED) is 0.892. The van der Waals surface area contributed by atoms with Gasteiger partial charge in [0.25, 0.3) is 5.91 Å². The standard InChI is InChI=1S/C21H25N3O2/c25-19-10-5-15(6-11-19)4-9-18-3-1-2-12-24(18)21(26)17-13-22-20(23-14-17)16-7-8-16/h5-6,10-11,13-14,16,18,25H,1-4,7-9,12H2/t18-/m0/s1. The lowest BCUT2D eigenvalue weighted by Gasteiger charge is -2.36. The molecule has 0 spiro atoms. The number of amides is 1. The Morgan fingerprint density at radius 1 is 1.08 bits per heavy atom. The van der Waals surface area contributed by atoms with Crippen molar-refractivity contribution in [1.82, 2.24) is 14.9 Å². The van der Waals surface area contributed by atoms with Crippen LogP contribution in [-0.2, 0) is 6.42 Å². The van der Waals surface area contributed by atoms with Gasteiger partial charge in [-0.25, -0.2) is 9.97 Å². The summed E-state index contributed by atoms with van der Waals surface area (Å²) >= 11 is 0. The van der Waals surface area contributed by atoms with Gasteiger partial charge in [-0.05, 0) is 62.6 Å². The Morgan fingerprint density at radius 3 is 2.50 bits per heavy atom. The molecule has 26 heavy (non-hydrogen) atoms. The van der Waals surface area contributed by atoms with Crippen molar-refractivity contribution in [3.63, 3.8) is 0 Å². The molecule has 136 valence electrons. The fourth-order valence-corrected chi connectivity index (χ4v) is 3.73. The highest BCUT2D eigenvalue weighted by molar-refractivity contribution is 5.93. The Kier molecular flexibility index (Phi) is 4.87. The summed E-state index contributed by atoms with van der Waals surface area (Å²) in [6.45, 7) is 0.809. The van der Waals surface area contributed by atoms with Crippen molar-refractivity contribution in [2.24, 2.45) is 0 Å². The molecule has 1 amide bonds. The number of likely N-dealkylation sites (tertiary alicyclic amines) is 1. The number of carbonyl (C=O) groups is 1. The van der Waals surface area contributed by atoms with E-state index < -0.39 is 0 Å². The number of nitrogens with zero attached hydrogens (tertiary/aromatic N) is 3. The molecule has 0 bridgehead atoms. The average molecular weight is 351 g/mol. The third kappa shape index (κ3) is 3.87. The van der Waals surface area contributed by atoms with E-state index in [0.29, 0.717) is 11.5 Å². The van der Waals surface area contributed by atoms with E-state index in [9.17, 15) is 9.90 Å². The van der Waals surface area contributed by atoms with Crippen molar-refractivity contribution in [3.05, 3.63) is 53.6 Å². The van der Waals surface area contributed by atoms with Crippen LogP contribution in [0.15, 0.2) is 36.7 Å². The maximum absolute atomic E-state index is 13.0. The molecule has 2 fully saturated rings. The Balaban J connectivity index is 1.42. The van der Waals surface area contributed by atoms with Gasteiger partial charge in [-0.15, -0.1) is 0 Å². The number of aryl methyl sites for hydroxylation is 1. The van der Waals surface area contributed by atoms with E-state index in [4.69, 9.17) is 0 Å². The summed E-state index contributed by atoms with van der Waals surface area (Å²) in [6, 6.07) is 7.60. The lowest BCUT2D eigenvalue weighted by Crippen LogP contribution is -2.44. The topological polar surface area (TPSA) is 66.3 Å². The van der Waals surface area contributed by atoms with E-state index in [-0.39, 0.29) is 17.7 Å². The summed E-state index contributed by atoms with van der Waals surface area (Å²) < 4.78 is 0. The third-order valence-corrected chi connectivity index (χ3v) is 5.45. The van der Waals surface area contributed by atoms with E-state index in [2.05, 4.69) is 9.97 Å². The first kappa shape index (κ1) is 17.0. The van der Waals surface area contributed by atoms with Crippen molar-refractivity contribution in [2.75, 3.05) is 6.54 Å². The Morgan fingerprint density at radius 2 is 1.81 bits per heavy atom. The van der Waals surface area contributed by atoms with Crippen molar-refractivity contribution in [2.45, 2.75) is 56.9 Å². The first-order valence-corrected chi connectivity index (χ1v) is 9.61. The van der Waals surface area contributed by atoms with E-state index in [1.807, 2.05) is 17.0 Å². The fourth-order valence-electron chi connectivity index (χ4n) is 3.73. The molecule has 1 saturated carbocycles. The zero-order chi connectivity index (χ0) is 17.9. The largest absolute Gasteiger partial charge is 0.508 e. The maximum atomic E-state index is 13.0. The lowest BCUT2D eigenvalue weighted by molar-refractivity contribution is 0.0601. The van der Waals surface area contributed by atoms with Gasteiger partial charge >= 0.3 is 0 Å². The Labute approximate surface area is 154 Å². The monoisotopic (exact) mass is 351 g/mol. The average Bonchev–Trinajstić information content (AvgIpc) is 3.53. The molecule has 2 aromatic rings. The van der Waals surface area contributed by atoms with Crippen LogP contribution in [0, 0.1) is 0 Å². The number of hydrogen-bond acceptors (Lipinski definition) is 4. The molecule has 2 heterocycles. The van der Waals surface area contributed by atoms with Gasteiger partial charge in [0.1, 0.15) is 11.6 Å². The minimum absolute atomic E-state index is 0.0581. The first-order chi connectivity index (χ1) is 12.7. The van der Waals surface area contributed by atoms with Gasteiger partial charge in [0, 0.05) is 30.9 Å². The predicted molar refractivity (Wildman–Crippen MR) is 99.1 cm³/mol. The van der Waals surface area contributed by atoms with Crippen LogP contribution in [0.5, 0.6) is 5.75 Å². The lowest BCUT2D eigenvalue weighted by atomic mass is 9.95. The molecule has 2 aliphatic rings. The Bertz CT molecular complexity index is 754. The number of carbonyl (C=O) groups excluding carboxylic acids is 1.